The van der Waals surface area contributed by atoms with E-state index in [-0.39, 0.29) is 0 Å². The molecular formula is C16H22N2O2. The quantitative estimate of drug-likeness (QED) is 0.932. The van der Waals surface area contributed by atoms with Gasteiger partial charge in [-0.05, 0) is 31.4 Å². The van der Waals surface area contributed by atoms with Crippen molar-refractivity contribution >= 4 is 11.0 Å². The molecule has 0 radical (unpaired) electrons. The molecule has 20 heavy (non-hydrogen) atoms. The number of aromatic nitrogens is 2. The molecule has 0 amide bonds. The molecule has 2 aromatic rings. The molecule has 1 aliphatic rings. The van der Waals surface area contributed by atoms with Gasteiger partial charge in [0.15, 0.2) is 0 Å². The second-order valence-corrected chi connectivity index (χ2v) is 5.73. The minimum atomic E-state index is -0.759. The Labute approximate surface area is 119 Å². The molecule has 0 saturated carbocycles. The van der Waals surface area contributed by atoms with E-state index in [0.717, 1.165) is 49.3 Å². The van der Waals surface area contributed by atoms with Gasteiger partial charge in [-0.25, -0.2) is 4.98 Å². The van der Waals surface area contributed by atoms with Crippen molar-refractivity contribution in [3.8, 4) is 0 Å². The van der Waals surface area contributed by atoms with E-state index < -0.39 is 5.60 Å². The van der Waals surface area contributed by atoms with Gasteiger partial charge in [0.05, 0.1) is 23.2 Å². The van der Waals surface area contributed by atoms with Crippen LogP contribution in [0.25, 0.3) is 11.0 Å². The largest absolute Gasteiger partial charge is 0.387 e. The first-order valence-electron chi connectivity index (χ1n) is 7.46. The van der Waals surface area contributed by atoms with Gasteiger partial charge < -0.3 is 14.4 Å². The Morgan fingerprint density at radius 1 is 1.40 bits per heavy atom. The molecule has 108 valence electrons. The molecule has 0 spiro atoms. The van der Waals surface area contributed by atoms with Crippen molar-refractivity contribution in [3.05, 3.63) is 30.1 Å². The highest BCUT2D eigenvalue weighted by atomic mass is 16.5. The van der Waals surface area contributed by atoms with Crippen molar-refractivity contribution in [2.24, 2.45) is 0 Å². The number of hydrogen-bond acceptors (Lipinski definition) is 3. The number of rotatable bonds is 4. The first kappa shape index (κ1) is 13.6. The van der Waals surface area contributed by atoms with Crippen LogP contribution in [-0.2, 0) is 17.7 Å². The van der Waals surface area contributed by atoms with Crippen LogP contribution in [0.2, 0.25) is 0 Å². The van der Waals surface area contributed by atoms with Gasteiger partial charge >= 0.3 is 0 Å². The minimum Gasteiger partial charge on any atom is -0.387 e. The zero-order valence-electron chi connectivity index (χ0n) is 12.0. The number of imidazole rings is 1. The second-order valence-electron chi connectivity index (χ2n) is 5.73. The molecule has 3 rings (SSSR count). The highest BCUT2D eigenvalue weighted by molar-refractivity contribution is 5.75. The van der Waals surface area contributed by atoms with E-state index >= 15 is 0 Å². The number of aryl methyl sites for hydroxylation is 1. The van der Waals surface area contributed by atoms with Crippen molar-refractivity contribution in [2.45, 2.75) is 44.8 Å². The van der Waals surface area contributed by atoms with Crippen molar-refractivity contribution in [3.63, 3.8) is 0 Å². The summed E-state index contributed by atoms with van der Waals surface area (Å²) in [4.78, 5) is 4.72. The van der Waals surface area contributed by atoms with E-state index in [0.29, 0.717) is 13.0 Å². The fourth-order valence-corrected chi connectivity index (χ4v) is 3.00. The lowest BCUT2D eigenvalue weighted by atomic mass is 9.92. The lowest BCUT2D eigenvalue weighted by molar-refractivity contribution is -0.0857. The van der Waals surface area contributed by atoms with Crippen LogP contribution in [0.1, 0.15) is 32.0 Å². The molecule has 1 N–H and O–H groups in total. The Morgan fingerprint density at radius 2 is 2.25 bits per heavy atom. The number of aliphatic hydroxyl groups is 1. The van der Waals surface area contributed by atoms with Crippen LogP contribution in [-0.4, -0.2) is 33.5 Å². The summed E-state index contributed by atoms with van der Waals surface area (Å²) in [5, 5.41) is 10.7. The van der Waals surface area contributed by atoms with Gasteiger partial charge in [-0.2, -0.15) is 0 Å². The number of benzene rings is 1. The van der Waals surface area contributed by atoms with Crippen molar-refractivity contribution in [1.82, 2.24) is 9.55 Å². The predicted molar refractivity (Wildman–Crippen MR) is 78.7 cm³/mol. The summed E-state index contributed by atoms with van der Waals surface area (Å²) in [6.07, 6.45) is 3.34. The van der Waals surface area contributed by atoms with Crippen LogP contribution in [0.15, 0.2) is 24.3 Å². The fraction of sp³-hybridized carbons (Fsp3) is 0.562. The van der Waals surface area contributed by atoms with E-state index in [4.69, 9.17) is 9.72 Å². The monoisotopic (exact) mass is 274 g/mol. The molecule has 1 saturated heterocycles. The zero-order chi connectivity index (χ0) is 14.0. The lowest BCUT2D eigenvalue weighted by Crippen LogP contribution is -2.41. The Morgan fingerprint density at radius 3 is 3.00 bits per heavy atom. The predicted octanol–water partition coefficient (Wildman–Crippen LogP) is 2.53. The third kappa shape index (κ3) is 2.58. The van der Waals surface area contributed by atoms with Crippen molar-refractivity contribution in [1.29, 1.82) is 0 Å². The first-order valence-corrected chi connectivity index (χ1v) is 7.46. The molecule has 0 aliphatic carbocycles. The molecule has 1 aromatic heterocycles. The van der Waals surface area contributed by atoms with Gasteiger partial charge in [0, 0.05) is 19.6 Å². The molecule has 1 unspecified atom stereocenters. The maximum Gasteiger partial charge on any atom is 0.112 e. The molecule has 4 heteroatoms. The third-order valence-electron chi connectivity index (χ3n) is 3.97. The Balaban J connectivity index is 1.95. The van der Waals surface area contributed by atoms with Crippen LogP contribution in [0, 0.1) is 0 Å². The van der Waals surface area contributed by atoms with E-state index in [2.05, 4.69) is 17.6 Å². The molecule has 0 bridgehead atoms. The van der Waals surface area contributed by atoms with Crippen LogP contribution in [0.5, 0.6) is 0 Å². The highest BCUT2D eigenvalue weighted by Gasteiger charge is 2.32. The van der Waals surface area contributed by atoms with Gasteiger partial charge in [0.25, 0.3) is 0 Å². The molecule has 1 aromatic carbocycles. The van der Waals surface area contributed by atoms with Gasteiger partial charge in [0.2, 0.25) is 0 Å². The number of fused-ring (bicyclic) bond motifs is 1. The summed E-state index contributed by atoms with van der Waals surface area (Å²) in [6, 6.07) is 8.18. The van der Waals surface area contributed by atoms with Crippen LogP contribution < -0.4 is 0 Å². The van der Waals surface area contributed by atoms with Crippen molar-refractivity contribution < 1.29 is 9.84 Å². The number of nitrogens with zero attached hydrogens (tertiary/aromatic N) is 2. The topological polar surface area (TPSA) is 47.3 Å². The number of para-hydroxylation sites is 2. The van der Waals surface area contributed by atoms with E-state index in [1.54, 1.807) is 0 Å². The molecule has 1 fully saturated rings. The zero-order valence-corrected chi connectivity index (χ0v) is 12.0. The minimum absolute atomic E-state index is 0.419. The highest BCUT2D eigenvalue weighted by Crippen LogP contribution is 2.26. The van der Waals surface area contributed by atoms with Crippen LogP contribution in [0.4, 0.5) is 0 Å². The summed E-state index contributed by atoms with van der Waals surface area (Å²) in [6.45, 7) is 4.28. The van der Waals surface area contributed by atoms with Gasteiger partial charge in [0.1, 0.15) is 5.82 Å². The van der Waals surface area contributed by atoms with Crippen molar-refractivity contribution in [2.75, 3.05) is 13.2 Å². The average molecular weight is 274 g/mol. The van der Waals surface area contributed by atoms with E-state index in [9.17, 15) is 5.11 Å². The summed E-state index contributed by atoms with van der Waals surface area (Å²) < 4.78 is 7.68. The first-order chi connectivity index (χ1) is 9.72. The number of hydrogen-bond donors (Lipinski definition) is 1. The molecular weight excluding hydrogens is 252 g/mol. The maximum absolute atomic E-state index is 10.7. The molecule has 1 atom stereocenters. The Hall–Kier alpha value is -1.39. The average Bonchev–Trinajstić information content (AvgIpc) is 2.77. The number of ether oxygens (including phenoxy) is 1. The van der Waals surface area contributed by atoms with Crippen LogP contribution >= 0.6 is 0 Å². The summed E-state index contributed by atoms with van der Waals surface area (Å²) >= 11 is 0. The molecule has 1 aliphatic heterocycles. The molecule has 2 heterocycles. The van der Waals surface area contributed by atoms with E-state index in [1.165, 1.54) is 0 Å². The Kier molecular flexibility index (Phi) is 3.76. The van der Waals surface area contributed by atoms with Crippen LogP contribution in [0.3, 0.4) is 0 Å². The fourth-order valence-electron chi connectivity index (χ4n) is 3.00. The van der Waals surface area contributed by atoms with Gasteiger partial charge in [-0.1, -0.05) is 19.1 Å². The maximum atomic E-state index is 10.7. The van der Waals surface area contributed by atoms with Gasteiger partial charge in [-0.15, -0.1) is 0 Å². The second kappa shape index (κ2) is 5.54. The Bertz CT molecular complexity index is 585. The third-order valence-corrected chi connectivity index (χ3v) is 3.97. The smallest absolute Gasteiger partial charge is 0.112 e. The van der Waals surface area contributed by atoms with Gasteiger partial charge in [-0.3, -0.25) is 0 Å². The SMILES string of the molecule is CCCn1c(CC2(O)CCCOC2)nc2ccccc21. The standard InChI is InChI=1S/C16H22N2O2/c1-2-9-18-14-7-4-3-6-13(14)17-15(18)11-16(19)8-5-10-20-12-16/h3-4,6-7,19H,2,5,8-12H2,1H3. The summed E-state index contributed by atoms with van der Waals surface area (Å²) in [5.41, 5.74) is 1.41. The summed E-state index contributed by atoms with van der Waals surface area (Å²) in [7, 11) is 0. The van der Waals surface area contributed by atoms with E-state index in [1.807, 2.05) is 18.2 Å². The molecule has 4 nitrogen and oxygen atoms in total. The lowest BCUT2D eigenvalue weighted by Gasteiger charge is -2.31. The summed E-state index contributed by atoms with van der Waals surface area (Å²) in [5.74, 6) is 0.973. The normalized spacial score (nSPS) is 23.3.